The van der Waals surface area contributed by atoms with Crippen LogP contribution < -0.4 is 10.1 Å². The molecule has 0 saturated heterocycles. The summed E-state index contributed by atoms with van der Waals surface area (Å²) in [6.45, 7) is 2.01. The first kappa shape index (κ1) is 24.0. The summed E-state index contributed by atoms with van der Waals surface area (Å²) in [6.07, 6.45) is 2.84. The molecule has 0 bridgehead atoms. The predicted molar refractivity (Wildman–Crippen MR) is 111 cm³/mol. The molecule has 0 atom stereocenters. The van der Waals surface area contributed by atoms with Gasteiger partial charge in [-0.1, -0.05) is 25.8 Å². The zero-order valence-corrected chi connectivity index (χ0v) is 17.3. The number of para-hydroxylation sites is 1. The molecule has 1 N–H and O–H groups in total. The number of Topliss-reactive ketones (excluding diaryl/α,β-unsaturated/α-hetero) is 1. The quantitative estimate of drug-likeness (QED) is 0.299. The van der Waals surface area contributed by atoms with E-state index in [4.69, 9.17) is 9.47 Å². The number of rotatable bonds is 12. The van der Waals surface area contributed by atoms with E-state index in [9.17, 15) is 23.2 Å². The molecule has 0 aliphatic heterocycles. The van der Waals surface area contributed by atoms with E-state index in [1.54, 1.807) is 24.3 Å². The van der Waals surface area contributed by atoms with E-state index in [1.807, 2.05) is 5.32 Å². The first-order valence-electron chi connectivity index (χ1n) is 10.1. The Morgan fingerprint density at radius 3 is 2.26 bits per heavy atom. The molecule has 1 amide bonds. The van der Waals surface area contributed by atoms with E-state index in [-0.39, 0.29) is 18.6 Å². The summed E-state index contributed by atoms with van der Waals surface area (Å²) >= 11 is 0. The van der Waals surface area contributed by atoms with Crippen LogP contribution in [0.2, 0.25) is 0 Å². The largest absolute Gasteiger partial charge is 0.494 e. The maximum atomic E-state index is 13.5. The van der Waals surface area contributed by atoms with Crippen LogP contribution in [0, 0.1) is 11.6 Å². The Morgan fingerprint density at radius 1 is 0.935 bits per heavy atom. The number of carbonyl (C=O) groups is 3. The molecule has 2 rings (SSSR count). The number of unbranched alkanes of at least 4 members (excludes halogenated alkanes) is 2. The van der Waals surface area contributed by atoms with Gasteiger partial charge >= 0.3 is 5.97 Å². The molecule has 2 aromatic carbocycles. The summed E-state index contributed by atoms with van der Waals surface area (Å²) < 4.78 is 37.3. The Kier molecular flexibility index (Phi) is 9.61. The Balaban J connectivity index is 1.71. The molecule has 0 fully saturated rings. The van der Waals surface area contributed by atoms with Crippen LogP contribution in [0.3, 0.4) is 0 Å². The zero-order chi connectivity index (χ0) is 22.6. The number of ketones is 1. The highest BCUT2D eigenvalue weighted by Crippen LogP contribution is 2.18. The van der Waals surface area contributed by atoms with Gasteiger partial charge in [-0.3, -0.25) is 14.4 Å². The van der Waals surface area contributed by atoms with Crippen LogP contribution in [0.25, 0.3) is 0 Å². The normalized spacial score (nSPS) is 10.4. The first-order chi connectivity index (χ1) is 14.9. The summed E-state index contributed by atoms with van der Waals surface area (Å²) in [6, 6.07) is 9.78. The summed E-state index contributed by atoms with van der Waals surface area (Å²) in [7, 11) is 0. The number of anilines is 1. The van der Waals surface area contributed by atoms with Crippen LogP contribution in [0.15, 0.2) is 42.5 Å². The molecule has 166 valence electrons. The van der Waals surface area contributed by atoms with Crippen molar-refractivity contribution >= 4 is 23.3 Å². The van der Waals surface area contributed by atoms with E-state index in [0.717, 1.165) is 37.5 Å². The summed E-state index contributed by atoms with van der Waals surface area (Å²) in [5.74, 6) is -3.13. The second-order valence-electron chi connectivity index (χ2n) is 6.81. The maximum absolute atomic E-state index is 13.5. The molecular weight excluding hydrogens is 408 g/mol. The Bertz CT molecular complexity index is 879. The highest BCUT2D eigenvalue weighted by Gasteiger charge is 2.15. The second-order valence-corrected chi connectivity index (χ2v) is 6.81. The maximum Gasteiger partial charge on any atom is 0.306 e. The molecule has 6 nitrogen and oxygen atoms in total. The lowest BCUT2D eigenvalue weighted by Gasteiger charge is -2.08. The third-order valence-corrected chi connectivity index (χ3v) is 4.34. The van der Waals surface area contributed by atoms with Crippen molar-refractivity contribution in [1.29, 1.82) is 0 Å². The number of amides is 1. The van der Waals surface area contributed by atoms with E-state index in [1.165, 1.54) is 0 Å². The highest BCUT2D eigenvalue weighted by atomic mass is 19.1. The molecule has 0 aliphatic rings. The van der Waals surface area contributed by atoms with Gasteiger partial charge in [0.2, 0.25) is 0 Å². The molecule has 0 aliphatic carbocycles. The number of hydrogen-bond donors (Lipinski definition) is 1. The molecule has 31 heavy (non-hydrogen) atoms. The third kappa shape index (κ3) is 8.16. The van der Waals surface area contributed by atoms with E-state index >= 15 is 0 Å². The lowest BCUT2D eigenvalue weighted by atomic mass is 10.1. The van der Waals surface area contributed by atoms with Crippen molar-refractivity contribution in [2.75, 3.05) is 18.5 Å². The number of nitrogens with one attached hydrogen (secondary N) is 1. The summed E-state index contributed by atoms with van der Waals surface area (Å²) in [5.41, 5.74) is -0.182. The molecule has 0 saturated carbocycles. The van der Waals surface area contributed by atoms with Gasteiger partial charge in [-0.05, 0) is 42.8 Å². The van der Waals surface area contributed by atoms with Crippen LogP contribution in [0.1, 0.15) is 49.4 Å². The Labute approximate surface area is 179 Å². The fraction of sp³-hybridized carbons (Fsp3) is 0.348. The van der Waals surface area contributed by atoms with Gasteiger partial charge in [-0.25, -0.2) is 8.78 Å². The van der Waals surface area contributed by atoms with Crippen LogP contribution in [0.4, 0.5) is 14.5 Å². The van der Waals surface area contributed by atoms with Gasteiger partial charge in [-0.15, -0.1) is 0 Å². The van der Waals surface area contributed by atoms with Crippen molar-refractivity contribution in [3.8, 4) is 5.75 Å². The number of esters is 1. The average molecular weight is 433 g/mol. The van der Waals surface area contributed by atoms with Gasteiger partial charge in [0.05, 0.1) is 13.0 Å². The van der Waals surface area contributed by atoms with Gasteiger partial charge in [-0.2, -0.15) is 0 Å². The topological polar surface area (TPSA) is 81.7 Å². The van der Waals surface area contributed by atoms with Gasteiger partial charge in [0.25, 0.3) is 5.91 Å². The molecule has 0 radical (unpaired) electrons. The minimum Gasteiger partial charge on any atom is -0.494 e. The third-order valence-electron chi connectivity index (χ3n) is 4.34. The molecule has 0 unspecified atom stereocenters. The molecule has 2 aromatic rings. The fourth-order valence-corrected chi connectivity index (χ4v) is 2.65. The summed E-state index contributed by atoms with van der Waals surface area (Å²) in [5, 5.41) is 2.01. The van der Waals surface area contributed by atoms with Gasteiger partial charge in [0, 0.05) is 12.0 Å². The van der Waals surface area contributed by atoms with Gasteiger partial charge in [0.15, 0.2) is 12.4 Å². The minimum absolute atomic E-state index is 0.0981. The second kappa shape index (κ2) is 12.4. The Hall–Kier alpha value is -3.29. The van der Waals surface area contributed by atoms with Crippen LogP contribution >= 0.6 is 0 Å². The lowest BCUT2D eigenvalue weighted by molar-refractivity contribution is -0.147. The van der Waals surface area contributed by atoms with Crippen molar-refractivity contribution in [2.45, 2.75) is 39.0 Å². The zero-order valence-electron chi connectivity index (χ0n) is 17.3. The fourth-order valence-electron chi connectivity index (χ4n) is 2.65. The summed E-state index contributed by atoms with van der Waals surface area (Å²) in [4.78, 5) is 35.7. The highest BCUT2D eigenvalue weighted by molar-refractivity contribution is 5.98. The molecular formula is C23H25F2NO5. The predicted octanol–water partition coefficient (Wildman–Crippen LogP) is 4.68. The number of hydrogen-bond acceptors (Lipinski definition) is 5. The number of halogens is 2. The van der Waals surface area contributed by atoms with Crippen LogP contribution in [-0.4, -0.2) is 30.9 Å². The van der Waals surface area contributed by atoms with Crippen molar-refractivity contribution in [3.05, 3.63) is 59.7 Å². The molecule has 0 aromatic heterocycles. The number of carbonyl (C=O) groups excluding carboxylic acids is 3. The molecule has 0 heterocycles. The van der Waals surface area contributed by atoms with Crippen molar-refractivity contribution in [3.63, 3.8) is 0 Å². The Morgan fingerprint density at radius 2 is 1.61 bits per heavy atom. The molecule has 8 heteroatoms. The average Bonchev–Trinajstić information content (AvgIpc) is 2.76. The van der Waals surface area contributed by atoms with Crippen molar-refractivity contribution < 1.29 is 32.6 Å². The monoisotopic (exact) mass is 433 g/mol. The van der Waals surface area contributed by atoms with Crippen molar-refractivity contribution in [1.82, 2.24) is 0 Å². The van der Waals surface area contributed by atoms with E-state index in [0.29, 0.717) is 17.9 Å². The first-order valence-corrected chi connectivity index (χ1v) is 10.1. The SMILES string of the molecule is CCCCCOc1ccc(C(=O)CCC(=O)OCC(=O)Nc2c(F)cccc2F)cc1. The molecule has 0 spiro atoms. The lowest BCUT2D eigenvalue weighted by Crippen LogP contribution is -2.22. The van der Waals surface area contributed by atoms with Gasteiger partial charge in [0.1, 0.15) is 23.1 Å². The smallest absolute Gasteiger partial charge is 0.306 e. The number of ether oxygens (including phenoxy) is 2. The van der Waals surface area contributed by atoms with Crippen LogP contribution in [0.5, 0.6) is 5.75 Å². The van der Waals surface area contributed by atoms with E-state index < -0.39 is 35.8 Å². The van der Waals surface area contributed by atoms with Gasteiger partial charge < -0.3 is 14.8 Å². The van der Waals surface area contributed by atoms with Crippen LogP contribution in [-0.2, 0) is 14.3 Å². The standard InChI is InChI=1S/C23H25F2NO5/c1-2-3-4-14-30-17-10-8-16(9-11-17)20(27)12-13-22(29)31-15-21(28)26-23-18(24)6-5-7-19(23)25/h5-11H,2-4,12-15H2,1H3,(H,26,28). The minimum atomic E-state index is -0.942. The van der Waals surface area contributed by atoms with Crippen molar-refractivity contribution in [2.24, 2.45) is 0 Å². The number of benzene rings is 2. The van der Waals surface area contributed by atoms with E-state index in [2.05, 4.69) is 6.92 Å².